The third-order valence-corrected chi connectivity index (χ3v) is 3.31. The Balaban J connectivity index is 1.92. The fraction of sp³-hybridized carbons (Fsp3) is 0.500. The van der Waals surface area contributed by atoms with Crippen LogP contribution in [0.5, 0.6) is 0 Å². The number of carbonyl (C=O) groups excluding carboxylic acids is 1. The first-order chi connectivity index (χ1) is 8.47. The number of rotatable bonds is 2. The molecule has 0 aliphatic carbocycles. The van der Waals surface area contributed by atoms with Crippen molar-refractivity contribution < 1.29 is 4.79 Å². The highest BCUT2D eigenvalue weighted by Crippen LogP contribution is 2.25. The van der Waals surface area contributed by atoms with Crippen LogP contribution >= 0.6 is 0 Å². The number of nitrogens with one attached hydrogen (secondary N) is 3. The normalized spacial score (nSPS) is 23.9. The molecule has 3 N–H and O–H groups in total. The molecule has 2 rings (SSSR count). The number of para-hydroxylation sites is 1. The van der Waals surface area contributed by atoms with Crippen LogP contribution in [0.2, 0.25) is 0 Å². The minimum atomic E-state index is -0.172. The zero-order valence-electron chi connectivity index (χ0n) is 11.2. The molecule has 1 saturated heterocycles. The highest BCUT2D eigenvalue weighted by atomic mass is 16.2. The highest BCUT2D eigenvalue weighted by Gasteiger charge is 2.35. The van der Waals surface area contributed by atoms with Crippen molar-refractivity contribution >= 4 is 11.6 Å². The molecule has 0 aromatic heterocycles. The molecule has 4 nitrogen and oxygen atoms in total. The van der Waals surface area contributed by atoms with Gasteiger partial charge in [-0.2, -0.15) is 0 Å². The smallest absolute Gasteiger partial charge is 0.242 e. The van der Waals surface area contributed by atoms with Crippen LogP contribution in [0.1, 0.15) is 27.2 Å². The summed E-state index contributed by atoms with van der Waals surface area (Å²) in [6.45, 7) is 6.51. The van der Waals surface area contributed by atoms with Crippen LogP contribution in [0, 0.1) is 5.41 Å². The number of carbonyl (C=O) groups is 1. The van der Waals surface area contributed by atoms with E-state index in [9.17, 15) is 4.79 Å². The second-order valence-corrected chi connectivity index (χ2v) is 5.85. The van der Waals surface area contributed by atoms with Crippen molar-refractivity contribution in [2.24, 2.45) is 5.41 Å². The minimum Gasteiger partial charge on any atom is -0.325 e. The Morgan fingerprint density at radius 2 is 1.89 bits per heavy atom. The molecule has 1 fully saturated rings. The molecule has 0 saturated carbocycles. The van der Waals surface area contributed by atoms with E-state index >= 15 is 0 Å². The summed E-state index contributed by atoms with van der Waals surface area (Å²) in [6.07, 6.45) is 0.808. The third-order valence-electron chi connectivity index (χ3n) is 3.31. The summed E-state index contributed by atoms with van der Waals surface area (Å²) >= 11 is 0. The quantitative estimate of drug-likeness (QED) is 0.748. The van der Waals surface area contributed by atoms with Gasteiger partial charge in [-0.05, 0) is 24.0 Å². The van der Waals surface area contributed by atoms with Gasteiger partial charge in [0, 0.05) is 11.7 Å². The lowest BCUT2D eigenvalue weighted by atomic mass is 9.84. The first kappa shape index (κ1) is 13.1. The maximum absolute atomic E-state index is 12.1. The zero-order chi connectivity index (χ0) is 13.2. The molecule has 0 bridgehead atoms. The Labute approximate surface area is 108 Å². The number of amides is 1. The Hall–Kier alpha value is -1.39. The van der Waals surface area contributed by atoms with E-state index in [-0.39, 0.29) is 17.4 Å². The van der Waals surface area contributed by atoms with Gasteiger partial charge in [-0.15, -0.1) is 0 Å². The molecule has 1 aromatic carbocycles. The Morgan fingerprint density at radius 3 is 2.44 bits per heavy atom. The number of anilines is 1. The Kier molecular flexibility index (Phi) is 3.68. The molecule has 1 aliphatic rings. The van der Waals surface area contributed by atoms with Crippen LogP contribution in [0.15, 0.2) is 30.3 Å². The number of hydrogen-bond acceptors (Lipinski definition) is 3. The summed E-state index contributed by atoms with van der Waals surface area (Å²) in [5.74, 6) is 0.0143. The Bertz CT molecular complexity index is 411. The SMILES string of the molecule is CC(C)(C)C1CC(C(=O)Nc2ccccc2)NN1. The van der Waals surface area contributed by atoms with E-state index < -0.39 is 0 Å². The van der Waals surface area contributed by atoms with Crippen molar-refractivity contribution in [1.29, 1.82) is 0 Å². The summed E-state index contributed by atoms with van der Waals surface area (Å²) in [5, 5.41) is 2.91. The van der Waals surface area contributed by atoms with Gasteiger partial charge in [0.25, 0.3) is 0 Å². The molecule has 1 amide bonds. The molecular formula is C14H21N3O. The van der Waals surface area contributed by atoms with Crippen molar-refractivity contribution in [3.05, 3.63) is 30.3 Å². The van der Waals surface area contributed by atoms with Crippen LogP contribution < -0.4 is 16.2 Å². The van der Waals surface area contributed by atoms with E-state index in [4.69, 9.17) is 0 Å². The topological polar surface area (TPSA) is 53.2 Å². The summed E-state index contributed by atoms with van der Waals surface area (Å²) < 4.78 is 0. The third kappa shape index (κ3) is 3.09. The molecule has 2 atom stereocenters. The summed E-state index contributed by atoms with van der Waals surface area (Å²) in [4.78, 5) is 12.1. The lowest BCUT2D eigenvalue weighted by molar-refractivity contribution is -0.117. The second-order valence-electron chi connectivity index (χ2n) is 5.85. The molecular weight excluding hydrogens is 226 g/mol. The van der Waals surface area contributed by atoms with Gasteiger partial charge in [-0.25, -0.2) is 5.43 Å². The molecule has 0 radical (unpaired) electrons. The van der Waals surface area contributed by atoms with Gasteiger partial charge < -0.3 is 5.32 Å². The van der Waals surface area contributed by atoms with E-state index in [1.807, 2.05) is 30.3 Å². The van der Waals surface area contributed by atoms with Gasteiger partial charge in [-0.1, -0.05) is 39.0 Å². The Morgan fingerprint density at radius 1 is 1.22 bits per heavy atom. The number of benzene rings is 1. The van der Waals surface area contributed by atoms with Gasteiger partial charge in [0.2, 0.25) is 5.91 Å². The predicted molar refractivity (Wildman–Crippen MR) is 73.0 cm³/mol. The minimum absolute atomic E-state index is 0.0143. The lowest BCUT2D eigenvalue weighted by Gasteiger charge is -2.25. The van der Waals surface area contributed by atoms with E-state index in [1.54, 1.807) is 0 Å². The second kappa shape index (κ2) is 5.08. The van der Waals surface area contributed by atoms with Crippen LogP contribution in [0.4, 0.5) is 5.69 Å². The van der Waals surface area contributed by atoms with Gasteiger partial charge >= 0.3 is 0 Å². The average molecular weight is 247 g/mol. The fourth-order valence-electron chi connectivity index (χ4n) is 2.05. The summed E-state index contributed by atoms with van der Waals surface area (Å²) in [5.41, 5.74) is 7.26. The molecule has 4 heteroatoms. The van der Waals surface area contributed by atoms with E-state index in [1.165, 1.54) is 0 Å². The maximum Gasteiger partial charge on any atom is 0.242 e. The fourth-order valence-corrected chi connectivity index (χ4v) is 2.05. The average Bonchev–Trinajstić information content (AvgIpc) is 2.79. The highest BCUT2D eigenvalue weighted by molar-refractivity contribution is 5.95. The maximum atomic E-state index is 12.1. The zero-order valence-corrected chi connectivity index (χ0v) is 11.2. The van der Waals surface area contributed by atoms with E-state index in [0.29, 0.717) is 6.04 Å². The molecule has 98 valence electrons. The van der Waals surface area contributed by atoms with Gasteiger partial charge in [-0.3, -0.25) is 10.2 Å². The van der Waals surface area contributed by atoms with Crippen molar-refractivity contribution in [3.8, 4) is 0 Å². The number of hydrazine groups is 1. The predicted octanol–water partition coefficient (Wildman–Crippen LogP) is 1.91. The molecule has 1 heterocycles. The molecule has 1 aromatic rings. The van der Waals surface area contributed by atoms with Crippen LogP contribution in [-0.4, -0.2) is 18.0 Å². The van der Waals surface area contributed by atoms with Gasteiger partial charge in [0.15, 0.2) is 0 Å². The monoisotopic (exact) mass is 247 g/mol. The van der Waals surface area contributed by atoms with E-state index in [0.717, 1.165) is 12.1 Å². The number of hydrogen-bond donors (Lipinski definition) is 3. The summed E-state index contributed by atoms with van der Waals surface area (Å²) in [7, 11) is 0. The first-order valence-electron chi connectivity index (χ1n) is 6.34. The largest absolute Gasteiger partial charge is 0.325 e. The standard InChI is InChI=1S/C14H21N3O/c1-14(2,3)12-9-11(16-17-12)13(18)15-10-7-5-4-6-8-10/h4-8,11-12,16-17H,9H2,1-3H3,(H,15,18). The molecule has 18 heavy (non-hydrogen) atoms. The molecule has 1 aliphatic heterocycles. The first-order valence-corrected chi connectivity index (χ1v) is 6.34. The van der Waals surface area contributed by atoms with Gasteiger partial charge in [0.05, 0.1) is 0 Å². The summed E-state index contributed by atoms with van der Waals surface area (Å²) in [6, 6.07) is 9.67. The van der Waals surface area contributed by atoms with Crippen molar-refractivity contribution in [3.63, 3.8) is 0 Å². The molecule has 0 spiro atoms. The van der Waals surface area contributed by atoms with E-state index in [2.05, 4.69) is 36.9 Å². The van der Waals surface area contributed by atoms with Gasteiger partial charge in [0.1, 0.15) is 6.04 Å². The van der Waals surface area contributed by atoms with Crippen LogP contribution in [0.3, 0.4) is 0 Å². The van der Waals surface area contributed by atoms with Crippen molar-refractivity contribution in [2.45, 2.75) is 39.3 Å². The molecule has 2 unspecified atom stereocenters. The van der Waals surface area contributed by atoms with Crippen molar-refractivity contribution in [1.82, 2.24) is 10.9 Å². The van der Waals surface area contributed by atoms with Crippen LogP contribution in [-0.2, 0) is 4.79 Å². The van der Waals surface area contributed by atoms with Crippen LogP contribution in [0.25, 0.3) is 0 Å². The van der Waals surface area contributed by atoms with Crippen molar-refractivity contribution in [2.75, 3.05) is 5.32 Å². The lowest BCUT2D eigenvalue weighted by Crippen LogP contribution is -2.42.